The first kappa shape index (κ1) is 17.0. The number of amides is 1. The highest BCUT2D eigenvalue weighted by molar-refractivity contribution is 5.90. The number of benzene rings is 2. The minimum absolute atomic E-state index is 0.0230. The predicted molar refractivity (Wildman–Crippen MR) is 91.7 cm³/mol. The van der Waals surface area contributed by atoms with E-state index in [-0.39, 0.29) is 17.6 Å². The van der Waals surface area contributed by atoms with Crippen LogP contribution >= 0.6 is 0 Å². The van der Waals surface area contributed by atoms with E-state index < -0.39 is 0 Å². The van der Waals surface area contributed by atoms with Gasteiger partial charge in [-0.2, -0.15) is 0 Å². The van der Waals surface area contributed by atoms with Crippen LogP contribution in [0.5, 0.6) is 5.75 Å². The van der Waals surface area contributed by atoms with E-state index >= 15 is 0 Å². The molecule has 4 heteroatoms. The van der Waals surface area contributed by atoms with Crippen LogP contribution in [-0.4, -0.2) is 25.3 Å². The number of hydrogen-bond donors (Lipinski definition) is 1. The molecule has 0 fully saturated rings. The predicted octanol–water partition coefficient (Wildman–Crippen LogP) is 3.12. The lowest BCUT2D eigenvalue weighted by molar-refractivity contribution is -0.124. The third kappa shape index (κ3) is 4.55. The molecule has 2 aromatic rings. The van der Waals surface area contributed by atoms with Gasteiger partial charge in [-0.15, -0.1) is 0 Å². The molecule has 0 aliphatic rings. The average molecular weight is 313 g/mol. The molecule has 0 atom stereocenters. The summed E-state index contributed by atoms with van der Waals surface area (Å²) >= 11 is 0. The molecule has 0 saturated heterocycles. The zero-order valence-electron chi connectivity index (χ0n) is 13.9. The number of nitrogens with one attached hydrogen (secondary N) is 1. The SMILES string of the molecule is COc1cc(CC(=O)CCNC(=O)C(C)C)cc2ccccc12. The second-order valence-corrected chi connectivity index (χ2v) is 5.93. The van der Waals surface area contributed by atoms with Crippen LogP contribution < -0.4 is 10.1 Å². The normalized spacial score (nSPS) is 10.8. The lowest BCUT2D eigenvalue weighted by Crippen LogP contribution is -2.29. The maximum absolute atomic E-state index is 12.1. The molecular formula is C19H23NO3. The zero-order chi connectivity index (χ0) is 16.8. The van der Waals surface area contributed by atoms with Crippen LogP contribution in [0.4, 0.5) is 0 Å². The van der Waals surface area contributed by atoms with E-state index in [4.69, 9.17) is 4.74 Å². The van der Waals surface area contributed by atoms with Gasteiger partial charge in [0, 0.05) is 30.7 Å². The lowest BCUT2D eigenvalue weighted by Gasteiger charge is -2.10. The topological polar surface area (TPSA) is 55.4 Å². The fourth-order valence-corrected chi connectivity index (χ4v) is 2.45. The van der Waals surface area contributed by atoms with Gasteiger partial charge < -0.3 is 10.1 Å². The van der Waals surface area contributed by atoms with Crippen LogP contribution in [0.25, 0.3) is 10.8 Å². The van der Waals surface area contributed by atoms with Crippen molar-refractivity contribution in [3.63, 3.8) is 0 Å². The van der Waals surface area contributed by atoms with Gasteiger partial charge in [0.2, 0.25) is 5.91 Å². The number of Topliss-reactive ketones (excluding diaryl/α,β-unsaturated/α-hetero) is 1. The molecule has 0 bridgehead atoms. The van der Waals surface area contributed by atoms with E-state index in [2.05, 4.69) is 5.32 Å². The largest absolute Gasteiger partial charge is 0.496 e. The number of hydrogen-bond acceptors (Lipinski definition) is 3. The molecule has 2 rings (SSSR count). The highest BCUT2D eigenvalue weighted by atomic mass is 16.5. The van der Waals surface area contributed by atoms with Gasteiger partial charge >= 0.3 is 0 Å². The Morgan fingerprint density at radius 1 is 1.17 bits per heavy atom. The minimum Gasteiger partial charge on any atom is -0.496 e. The molecule has 0 radical (unpaired) electrons. The van der Waals surface area contributed by atoms with Crippen molar-refractivity contribution in [1.29, 1.82) is 0 Å². The maximum Gasteiger partial charge on any atom is 0.222 e. The van der Waals surface area contributed by atoms with Crippen LogP contribution in [0.2, 0.25) is 0 Å². The molecule has 2 aromatic carbocycles. The molecule has 0 saturated carbocycles. The van der Waals surface area contributed by atoms with Crippen molar-refractivity contribution in [1.82, 2.24) is 5.32 Å². The first-order valence-electron chi connectivity index (χ1n) is 7.86. The van der Waals surface area contributed by atoms with Crippen molar-refractivity contribution in [3.8, 4) is 5.75 Å². The number of methoxy groups -OCH3 is 1. The summed E-state index contributed by atoms with van der Waals surface area (Å²) in [4.78, 5) is 23.6. The third-order valence-electron chi connectivity index (χ3n) is 3.73. The average Bonchev–Trinajstić information content (AvgIpc) is 2.53. The number of ether oxygens (including phenoxy) is 1. The standard InChI is InChI=1S/C19H23NO3/c1-13(2)19(22)20-9-8-16(21)11-14-10-15-6-4-5-7-17(15)18(12-14)23-3/h4-7,10,12-13H,8-9,11H2,1-3H3,(H,20,22). The van der Waals surface area contributed by atoms with Gasteiger partial charge in [0.05, 0.1) is 7.11 Å². The first-order chi connectivity index (χ1) is 11.0. The monoisotopic (exact) mass is 313 g/mol. The highest BCUT2D eigenvalue weighted by Crippen LogP contribution is 2.27. The molecule has 23 heavy (non-hydrogen) atoms. The van der Waals surface area contributed by atoms with Crippen molar-refractivity contribution >= 4 is 22.5 Å². The molecule has 4 nitrogen and oxygen atoms in total. The van der Waals surface area contributed by atoms with Gasteiger partial charge in [-0.05, 0) is 17.0 Å². The van der Waals surface area contributed by atoms with E-state index in [1.54, 1.807) is 7.11 Å². The van der Waals surface area contributed by atoms with Gasteiger partial charge in [-0.3, -0.25) is 9.59 Å². The summed E-state index contributed by atoms with van der Waals surface area (Å²) in [6, 6.07) is 11.9. The summed E-state index contributed by atoms with van der Waals surface area (Å²) in [6.45, 7) is 4.05. The molecule has 0 spiro atoms. The first-order valence-corrected chi connectivity index (χ1v) is 7.86. The van der Waals surface area contributed by atoms with E-state index in [1.165, 1.54) is 0 Å². The smallest absolute Gasteiger partial charge is 0.222 e. The Bertz CT molecular complexity index is 707. The highest BCUT2D eigenvalue weighted by Gasteiger charge is 2.10. The van der Waals surface area contributed by atoms with E-state index in [1.807, 2.05) is 50.2 Å². The van der Waals surface area contributed by atoms with Gasteiger partial charge in [0.15, 0.2) is 0 Å². The molecule has 1 N–H and O–H groups in total. The maximum atomic E-state index is 12.1. The second-order valence-electron chi connectivity index (χ2n) is 5.93. The molecule has 122 valence electrons. The summed E-state index contributed by atoms with van der Waals surface area (Å²) < 4.78 is 5.42. The quantitative estimate of drug-likeness (QED) is 0.854. The van der Waals surface area contributed by atoms with E-state index in [0.717, 1.165) is 22.1 Å². The van der Waals surface area contributed by atoms with Crippen molar-refractivity contribution < 1.29 is 14.3 Å². The Morgan fingerprint density at radius 2 is 1.91 bits per heavy atom. The molecule has 0 heterocycles. The van der Waals surface area contributed by atoms with Crippen LogP contribution in [0, 0.1) is 5.92 Å². The molecule has 1 amide bonds. The second kappa shape index (κ2) is 7.77. The Morgan fingerprint density at radius 3 is 2.61 bits per heavy atom. The van der Waals surface area contributed by atoms with Gasteiger partial charge in [0.1, 0.15) is 11.5 Å². The lowest BCUT2D eigenvalue weighted by atomic mass is 10.0. The number of carbonyl (C=O) groups is 2. The van der Waals surface area contributed by atoms with Gasteiger partial charge in [-0.25, -0.2) is 0 Å². The minimum atomic E-state index is -0.0603. The van der Waals surface area contributed by atoms with Gasteiger partial charge in [0.25, 0.3) is 0 Å². The molecule has 0 aliphatic carbocycles. The Kier molecular flexibility index (Phi) is 5.74. The summed E-state index contributed by atoms with van der Waals surface area (Å²) in [5.74, 6) is 0.797. The number of rotatable bonds is 7. The fraction of sp³-hybridized carbons (Fsp3) is 0.368. The van der Waals surface area contributed by atoms with Crippen molar-refractivity contribution in [2.24, 2.45) is 5.92 Å². The van der Waals surface area contributed by atoms with Crippen LogP contribution in [-0.2, 0) is 16.0 Å². The summed E-state index contributed by atoms with van der Waals surface area (Å²) in [5.41, 5.74) is 0.931. The number of carbonyl (C=O) groups excluding carboxylic acids is 2. The van der Waals surface area contributed by atoms with Crippen LogP contribution in [0.15, 0.2) is 36.4 Å². The summed E-state index contributed by atoms with van der Waals surface area (Å²) in [6.07, 6.45) is 0.687. The Hall–Kier alpha value is -2.36. The van der Waals surface area contributed by atoms with Crippen molar-refractivity contribution in [3.05, 3.63) is 42.0 Å². The molecule has 0 aromatic heterocycles. The fourth-order valence-electron chi connectivity index (χ4n) is 2.45. The Balaban J connectivity index is 2.01. The summed E-state index contributed by atoms with van der Waals surface area (Å²) in [5, 5.41) is 4.86. The van der Waals surface area contributed by atoms with E-state index in [0.29, 0.717) is 19.4 Å². The van der Waals surface area contributed by atoms with Crippen LogP contribution in [0.3, 0.4) is 0 Å². The van der Waals surface area contributed by atoms with Crippen molar-refractivity contribution in [2.75, 3.05) is 13.7 Å². The number of fused-ring (bicyclic) bond motifs is 1. The Labute approximate surface area is 136 Å². The molecule has 0 aliphatic heterocycles. The van der Waals surface area contributed by atoms with E-state index in [9.17, 15) is 9.59 Å². The van der Waals surface area contributed by atoms with Crippen molar-refractivity contribution in [2.45, 2.75) is 26.7 Å². The molecular weight excluding hydrogens is 290 g/mol. The molecule has 0 unspecified atom stereocenters. The zero-order valence-corrected chi connectivity index (χ0v) is 13.9. The third-order valence-corrected chi connectivity index (χ3v) is 3.73. The number of ketones is 1. The van der Waals surface area contributed by atoms with Gasteiger partial charge in [-0.1, -0.05) is 44.2 Å². The summed E-state index contributed by atoms with van der Waals surface area (Å²) in [7, 11) is 1.63. The van der Waals surface area contributed by atoms with Crippen LogP contribution in [0.1, 0.15) is 25.8 Å².